The predicted octanol–water partition coefficient (Wildman–Crippen LogP) is 4.68. The molecule has 2 aromatic heterocycles. The summed E-state index contributed by atoms with van der Waals surface area (Å²) in [6, 6.07) is 8.07. The Morgan fingerprint density at radius 2 is 1.91 bits per heavy atom. The summed E-state index contributed by atoms with van der Waals surface area (Å²) < 4.78 is 27.6. The van der Waals surface area contributed by atoms with Crippen molar-refractivity contribution in [1.29, 1.82) is 0 Å². The standard InChI is InChI=1S/C24H23ClFN5O3/c1-30(2)13-31-11-10-28-24(31)29-23(32)16-8-7-14(15-6-5-9-27-22(15)16)19-20(25)17(33-3)12-18(34-4)21(19)26/h5-12H,13H2,1-4H3,(H,28,29,32). The molecule has 4 rings (SSSR count). The number of carbonyl (C=O) groups excluding carboxylic acids is 1. The highest BCUT2D eigenvalue weighted by molar-refractivity contribution is 6.35. The van der Waals surface area contributed by atoms with Gasteiger partial charge in [-0.15, -0.1) is 0 Å². The first-order valence-electron chi connectivity index (χ1n) is 10.3. The third-order valence-corrected chi connectivity index (χ3v) is 5.61. The van der Waals surface area contributed by atoms with E-state index in [1.54, 1.807) is 47.4 Å². The summed E-state index contributed by atoms with van der Waals surface area (Å²) in [5.74, 6) is -0.375. The molecular formula is C24H23ClFN5O3. The number of anilines is 1. The van der Waals surface area contributed by atoms with Crippen LogP contribution in [0.4, 0.5) is 10.3 Å². The Balaban J connectivity index is 1.83. The maximum atomic E-state index is 15.3. The van der Waals surface area contributed by atoms with Crippen molar-refractivity contribution in [2.45, 2.75) is 6.67 Å². The van der Waals surface area contributed by atoms with Crippen LogP contribution in [0.25, 0.3) is 22.0 Å². The minimum Gasteiger partial charge on any atom is -0.495 e. The van der Waals surface area contributed by atoms with E-state index in [-0.39, 0.29) is 22.1 Å². The number of fused-ring (bicyclic) bond motifs is 1. The molecule has 2 heterocycles. The average molecular weight is 484 g/mol. The van der Waals surface area contributed by atoms with Crippen molar-refractivity contribution in [3.63, 3.8) is 0 Å². The molecule has 8 nitrogen and oxygen atoms in total. The van der Waals surface area contributed by atoms with E-state index in [4.69, 9.17) is 21.1 Å². The number of ether oxygens (including phenoxy) is 2. The van der Waals surface area contributed by atoms with E-state index in [2.05, 4.69) is 15.3 Å². The zero-order valence-electron chi connectivity index (χ0n) is 19.1. The number of benzene rings is 2. The number of hydrogen-bond donors (Lipinski definition) is 1. The summed E-state index contributed by atoms with van der Waals surface area (Å²) in [4.78, 5) is 23.8. The SMILES string of the molecule is COc1cc(OC)c(Cl)c(-c2ccc(C(=O)Nc3nccn3CN(C)C)c3ncccc23)c1F. The third kappa shape index (κ3) is 4.27. The molecule has 0 radical (unpaired) electrons. The van der Waals surface area contributed by atoms with Gasteiger partial charge < -0.3 is 14.0 Å². The molecule has 2 aromatic carbocycles. The number of hydrogen-bond acceptors (Lipinski definition) is 6. The van der Waals surface area contributed by atoms with Crippen LogP contribution < -0.4 is 14.8 Å². The lowest BCUT2D eigenvalue weighted by Gasteiger charge is -2.17. The Morgan fingerprint density at radius 1 is 1.15 bits per heavy atom. The number of methoxy groups -OCH3 is 2. The molecule has 0 saturated carbocycles. The summed E-state index contributed by atoms with van der Waals surface area (Å²) in [5.41, 5.74) is 1.25. The molecule has 0 fully saturated rings. The number of pyridine rings is 1. The van der Waals surface area contributed by atoms with Gasteiger partial charge in [-0.2, -0.15) is 0 Å². The molecule has 0 saturated heterocycles. The largest absolute Gasteiger partial charge is 0.495 e. The van der Waals surface area contributed by atoms with Gasteiger partial charge in [-0.05, 0) is 31.8 Å². The van der Waals surface area contributed by atoms with Gasteiger partial charge >= 0.3 is 0 Å². The average Bonchev–Trinajstić information content (AvgIpc) is 3.25. The van der Waals surface area contributed by atoms with Gasteiger partial charge in [-0.3, -0.25) is 20.0 Å². The van der Waals surface area contributed by atoms with E-state index in [9.17, 15) is 4.79 Å². The van der Waals surface area contributed by atoms with Crippen LogP contribution in [-0.2, 0) is 6.67 Å². The van der Waals surface area contributed by atoms with Crippen LogP contribution in [0.5, 0.6) is 11.5 Å². The number of imidazole rings is 1. The Morgan fingerprint density at radius 3 is 2.62 bits per heavy atom. The Labute approximate surface area is 200 Å². The summed E-state index contributed by atoms with van der Waals surface area (Å²) in [7, 11) is 6.64. The lowest BCUT2D eigenvalue weighted by atomic mass is 9.96. The van der Waals surface area contributed by atoms with Gasteiger partial charge in [-0.25, -0.2) is 9.37 Å². The lowest BCUT2D eigenvalue weighted by Crippen LogP contribution is -2.21. The minimum atomic E-state index is -0.638. The molecule has 0 aliphatic rings. The molecule has 0 spiro atoms. The Kier molecular flexibility index (Phi) is 6.67. The summed E-state index contributed by atoms with van der Waals surface area (Å²) in [6.07, 6.45) is 4.95. The fourth-order valence-corrected chi connectivity index (χ4v) is 4.03. The maximum absolute atomic E-state index is 15.3. The van der Waals surface area contributed by atoms with Gasteiger partial charge in [0.05, 0.1) is 37.0 Å². The van der Waals surface area contributed by atoms with E-state index >= 15 is 4.39 Å². The number of rotatable bonds is 7. The van der Waals surface area contributed by atoms with Gasteiger partial charge in [0, 0.05) is 35.6 Å². The molecule has 1 amide bonds. The van der Waals surface area contributed by atoms with Crippen molar-refractivity contribution >= 4 is 34.4 Å². The molecule has 0 aliphatic carbocycles. The smallest absolute Gasteiger partial charge is 0.260 e. The van der Waals surface area contributed by atoms with Gasteiger partial charge in [0.15, 0.2) is 11.6 Å². The van der Waals surface area contributed by atoms with Gasteiger partial charge in [-0.1, -0.05) is 23.7 Å². The fraction of sp³-hybridized carbons (Fsp3) is 0.208. The van der Waals surface area contributed by atoms with Crippen molar-refractivity contribution in [3.8, 4) is 22.6 Å². The topological polar surface area (TPSA) is 81.5 Å². The zero-order chi connectivity index (χ0) is 24.4. The number of nitrogens with zero attached hydrogens (tertiary/aromatic N) is 4. The number of carbonyl (C=O) groups is 1. The highest BCUT2D eigenvalue weighted by Gasteiger charge is 2.23. The Hall–Kier alpha value is -3.69. The van der Waals surface area contributed by atoms with Crippen LogP contribution in [0.2, 0.25) is 5.02 Å². The van der Waals surface area contributed by atoms with Crippen LogP contribution >= 0.6 is 11.6 Å². The number of aromatic nitrogens is 3. The van der Waals surface area contributed by atoms with E-state index < -0.39 is 11.7 Å². The van der Waals surface area contributed by atoms with Crippen LogP contribution in [0, 0.1) is 5.82 Å². The highest BCUT2D eigenvalue weighted by atomic mass is 35.5. The molecule has 0 aliphatic heterocycles. The lowest BCUT2D eigenvalue weighted by molar-refractivity contribution is 0.102. The first-order chi connectivity index (χ1) is 16.3. The second-order valence-electron chi connectivity index (χ2n) is 7.74. The third-order valence-electron chi connectivity index (χ3n) is 5.23. The maximum Gasteiger partial charge on any atom is 0.260 e. The van der Waals surface area contributed by atoms with E-state index in [0.29, 0.717) is 34.6 Å². The predicted molar refractivity (Wildman–Crippen MR) is 129 cm³/mol. The fourth-order valence-electron chi connectivity index (χ4n) is 3.72. The zero-order valence-corrected chi connectivity index (χ0v) is 19.9. The van der Waals surface area contributed by atoms with E-state index in [0.717, 1.165) is 0 Å². The number of halogens is 2. The van der Waals surface area contributed by atoms with Crippen molar-refractivity contribution < 1.29 is 18.7 Å². The van der Waals surface area contributed by atoms with Crippen LogP contribution in [-0.4, -0.2) is 53.7 Å². The molecular weight excluding hydrogens is 461 g/mol. The van der Waals surface area contributed by atoms with Gasteiger partial charge in [0.25, 0.3) is 5.91 Å². The molecule has 10 heteroatoms. The second kappa shape index (κ2) is 9.66. The molecule has 176 valence electrons. The summed E-state index contributed by atoms with van der Waals surface area (Å²) in [6.45, 7) is 0.545. The van der Waals surface area contributed by atoms with Gasteiger partial charge in [0.1, 0.15) is 5.75 Å². The highest BCUT2D eigenvalue weighted by Crippen LogP contribution is 2.44. The van der Waals surface area contributed by atoms with Gasteiger partial charge in [0.2, 0.25) is 5.95 Å². The number of nitrogens with one attached hydrogen (secondary N) is 1. The Bertz CT molecular complexity index is 1340. The first kappa shape index (κ1) is 23.5. The van der Waals surface area contributed by atoms with Crippen molar-refractivity contribution in [2.24, 2.45) is 0 Å². The van der Waals surface area contributed by atoms with E-state index in [1.807, 2.05) is 19.0 Å². The molecule has 4 aromatic rings. The van der Waals surface area contributed by atoms with Crippen molar-refractivity contribution in [1.82, 2.24) is 19.4 Å². The molecule has 0 unspecified atom stereocenters. The van der Waals surface area contributed by atoms with E-state index in [1.165, 1.54) is 20.3 Å². The first-order valence-corrected chi connectivity index (χ1v) is 10.7. The summed E-state index contributed by atoms with van der Waals surface area (Å²) >= 11 is 6.50. The second-order valence-corrected chi connectivity index (χ2v) is 8.12. The molecule has 34 heavy (non-hydrogen) atoms. The monoisotopic (exact) mass is 483 g/mol. The summed E-state index contributed by atoms with van der Waals surface area (Å²) in [5, 5.41) is 3.46. The minimum absolute atomic E-state index is 0.0113. The quantitative estimate of drug-likeness (QED) is 0.411. The van der Waals surface area contributed by atoms with Crippen LogP contribution in [0.1, 0.15) is 10.4 Å². The van der Waals surface area contributed by atoms with Crippen molar-refractivity contribution in [3.05, 3.63) is 65.3 Å². The molecule has 0 bridgehead atoms. The normalized spacial score (nSPS) is 11.1. The van der Waals surface area contributed by atoms with Crippen molar-refractivity contribution in [2.75, 3.05) is 33.6 Å². The molecule has 0 atom stereocenters. The molecule has 1 N–H and O–H groups in total. The number of amides is 1. The van der Waals surface area contributed by atoms with Crippen LogP contribution in [0.3, 0.4) is 0 Å². The van der Waals surface area contributed by atoms with Crippen LogP contribution in [0.15, 0.2) is 48.9 Å².